The first-order chi connectivity index (χ1) is 22.7. The van der Waals surface area contributed by atoms with E-state index < -0.39 is 24.7 Å². The Morgan fingerprint density at radius 3 is 1.64 bits per heavy atom. The monoisotopic (exact) mass is 675 g/mol. The molecule has 0 aliphatic carbocycles. The number of carbonyl (C=O) groups is 1. The van der Waals surface area contributed by atoms with Gasteiger partial charge in [-0.2, -0.15) is 0 Å². The molecule has 0 saturated heterocycles. The minimum absolute atomic E-state index is 0.0755. The Bertz CT molecular complexity index is 1790. The topological polar surface area (TPSA) is 82.1 Å². The first-order valence-corrected chi connectivity index (χ1v) is 16.9. The van der Waals surface area contributed by atoms with Crippen molar-refractivity contribution < 1.29 is 41.0 Å². The Morgan fingerprint density at radius 2 is 1.13 bits per heavy atom. The molecule has 0 heterocycles. The summed E-state index contributed by atoms with van der Waals surface area (Å²) in [6.07, 6.45) is 1.32. The zero-order valence-electron chi connectivity index (χ0n) is 27.1. The minimum atomic E-state index is -2.13. The van der Waals surface area contributed by atoms with Crippen molar-refractivity contribution in [2.75, 3.05) is 13.7 Å². The average molecular weight is 676 g/mol. The molecule has 6 nitrogen and oxygen atoms in total. The van der Waals surface area contributed by atoms with Crippen LogP contribution in [0.3, 0.4) is 0 Å². The van der Waals surface area contributed by atoms with Gasteiger partial charge >= 0.3 is 270 Å². The standard InChI is InChI=1S/C21H19O.C19H22O4.Co.O/c1-21(17-9-5-3-6-10-17,18-11-7-4-8-12-18)19-13-15-20(22-2)16-14-19;1-14(21)23-18-10-6-16(7-11-18)19(2,12-3-13-20)15-4-8-17(22)9-5-15;;/h3,5-16H,1-2H3;4-11,20,22H,3,12-13H2,1-2H3;;/q;;+1;/p-1. The van der Waals surface area contributed by atoms with Crippen LogP contribution in [0.1, 0.15) is 61.4 Å². The van der Waals surface area contributed by atoms with Gasteiger partial charge in [0.15, 0.2) is 0 Å². The van der Waals surface area contributed by atoms with Crippen molar-refractivity contribution in [3.05, 3.63) is 155 Å². The number of benzene rings is 5. The Hall–Kier alpha value is -4.56. The van der Waals surface area contributed by atoms with Crippen molar-refractivity contribution in [3.63, 3.8) is 0 Å². The fourth-order valence-electron chi connectivity index (χ4n) is 5.99. The third-order valence-electron chi connectivity index (χ3n) is 8.80. The molecule has 7 heteroatoms. The number of rotatable bonds is 13. The molecule has 2 unspecified atom stereocenters. The van der Waals surface area contributed by atoms with Gasteiger partial charge in [-0.25, -0.2) is 0 Å². The molecule has 47 heavy (non-hydrogen) atoms. The molecule has 1 N–H and O–H groups in total. The average Bonchev–Trinajstić information content (AvgIpc) is 3.11. The van der Waals surface area contributed by atoms with E-state index in [-0.39, 0.29) is 12.6 Å². The molecule has 0 spiro atoms. The second-order valence-electron chi connectivity index (χ2n) is 11.8. The molecule has 0 aliphatic heterocycles. The quantitative estimate of drug-likeness (QED) is 0.0785. The van der Waals surface area contributed by atoms with Crippen molar-refractivity contribution >= 4 is 10.5 Å². The van der Waals surface area contributed by atoms with Crippen molar-refractivity contribution in [1.82, 2.24) is 0 Å². The van der Waals surface area contributed by atoms with Gasteiger partial charge in [0.2, 0.25) is 0 Å². The van der Waals surface area contributed by atoms with Crippen LogP contribution in [-0.4, -0.2) is 24.8 Å². The number of hydrogen-bond acceptors (Lipinski definition) is 6. The molecule has 0 amide bonds. The molecule has 0 saturated carbocycles. The summed E-state index contributed by atoms with van der Waals surface area (Å²) >= 11 is -2.13. The Labute approximate surface area is 281 Å². The molecule has 0 aromatic heterocycles. The van der Waals surface area contributed by atoms with Crippen LogP contribution in [0.25, 0.3) is 0 Å². The number of aliphatic hydroxyl groups excluding tert-OH is 1. The Balaban J connectivity index is 1.35. The van der Waals surface area contributed by atoms with E-state index in [9.17, 15) is 13.8 Å². The van der Waals surface area contributed by atoms with Gasteiger partial charge < -0.3 is 0 Å². The second-order valence-corrected chi connectivity index (χ2v) is 13.2. The molecule has 5 aromatic carbocycles. The van der Waals surface area contributed by atoms with Crippen molar-refractivity contribution in [1.29, 1.82) is 0 Å². The van der Waals surface area contributed by atoms with Crippen LogP contribution in [0.5, 0.6) is 17.2 Å². The van der Waals surface area contributed by atoms with E-state index in [0.29, 0.717) is 28.8 Å². The van der Waals surface area contributed by atoms with Gasteiger partial charge in [0.25, 0.3) is 0 Å². The SMILES string of the molecule is COc1ccc(C(C)(c2ccccc2)c2cc[c]([Co](=[O])[O]c3ccc(C(C)(CCCO)c4ccc(OC(C)=O)cc4)cc3)cc2)cc1. The van der Waals surface area contributed by atoms with E-state index in [2.05, 4.69) is 38.1 Å². The number of esters is 1. The van der Waals surface area contributed by atoms with Crippen LogP contribution in [-0.2, 0) is 33.4 Å². The van der Waals surface area contributed by atoms with Gasteiger partial charge in [0.1, 0.15) is 0 Å². The fraction of sp³-hybridized carbons (Fsp3) is 0.225. The van der Waals surface area contributed by atoms with Gasteiger partial charge in [0.05, 0.1) is 0 Å². The summed E-state index contributed by atoms with van der Waals surface area (Å²) in [5, 5.41) is 9.60. The zero-order valence-corrected chi connectivity index (χ0v) is 28.1. The van der Waals surface area contributed by atoms with Crippen molar-refractivity contribution in [2.24, 2.45) is 0 Å². The maximum absolute atomic E-state index is 13.4. The number of methoxy groups -OCH3 is 1. The van der Waals surface area contributed by atoms with Crippen LogP contribution in [0.4, 0.5) is 0 Å². The van der Waals surface area contributed by atoms with E-state index in [1.165, 1.54) is 6.92 Å². The number of hydrogen-bond donors (Lipinski definition) is 1. The molecule has 245 valence electrons. The van der Waals surface area contributed by atoms with Gasteiger partial charge in [-0.3, -0.25) is 4.79 Å². The molecular weight excluding hydrogens is 635 g/mol. The molecular formula is C40H40CoO6. The normalized spacial score (nSPS) is 13.9. The summed E-state index contributed by atoms with van der Waals surface area (Å²) in [6.45, 7) is 5.76. The summed E-state index contributed by atoms with van der Waals surface area (Å²) in [4.78, 5) is 11.4. The summed E-state index contributed by atoms with van der Waals surface area (Å²) < 4.78 is 30.5. The van der Waals surface area contributed by atoms with Crippen LogP contribution in [0.15, 0.2) is 127 Å². The molecule has 2 atom stereocenters. The van der Waals surface area contributed by atoms with Gasteiger partial charge in [-0.05, 0) is 0 Å². The van der Waals surface area contributed by atoms with Crippen LogP contribution >= 0.6 is 0 Å². The second kappa shape index (κ2) is 14.9. The third-order valence-corrected chi connectivity index (χ3v) is 10.1. The van der Waals surface area contributed by atoms with E-state index in [4.69, 9.17) is 13.3 Å². The van der Waals surface area contributed by atoms with E-state index in [1.54, 1.807) is 19.2 Å². The molecule has 0 radical (unpaired) electrons. The van der Waals surface area contributed by atoms with E-state index in [0.717, 1.165) is 33.6 Å². The summed E-state index contributed by atoms with van der Waals surface area (Å²) in [6, 6.07) is 41.3. The molecule has 0 fully saturated rings. The van der Waals surface area contributed by atoms with Crippen LogP contribution in [0.2, 0.25) is 0 Å². The third kappa shape index (κ3) is 7.54. The summed E-state index contributed by atoms with van der Waals surface area (Å²) in [7, 11) is 1.66. The molecule has 0 bridgehead atoms. The molecule has 5 rings (SSSR count). The Morgan fingerprint density at radius 1 is 0.660 bits per heavy atom. The van der Waals surface area contributed by atoms with Crippen LogP contribution in [0, 0.1) is 0 Å². The summed E-state index contributed by atoms with van der Waals surface area (Å²) in [5.41, 5.74) is 4.51. The van der Waals surface area contributed by atoms with Crippen molar-refractivity contribution in [3.8, 4) is 17.2 Å². The van der Waals surface area contributed by atoms with Gasteiger partial charge in [-0.1, -0.05) is 0 Å². The van der Waals surface area contributed by atoms with E-state index >= 15 is 0 Å². The number of carbonyl (C=O) groups excluding carboxylic acids is 1. The molecule has 5 aromatic rings. The predicted molar refractivity (Wildman–Crippen MR) is 179 cm³/mol. The Kier molecular flexibility index (Phi) is 10.7. The fourth-order valence-corrected chi connectivity index (χ4v) is 6.93. The summed E-state index contributed by atoms with van der Waals surface area (Å²) in [5.74, 6) is 1.41. The maximum atomic E-state index is 13.4. The predicted octanol–water partition coefficient (Wildman–Crippen LogP) is 7.64. The van der Waals surface area contributed by atoms with Gasteiger partial charge in [0, 0.05) is 6.92 Å². The van der Waals surface area contributed by atoms with E-state index in [1.807, 2.05) is 91.0 Å². The molecule has 0 aliphatic rings. The van der Waals surface area contributed by atoms with Gasteiger partial charge in [-0.15, -0.1) is 0 Å². The number of aliphatic hydroxyl groups is 1. The first-order valence-electron chi connectivity index (χ1n) is 15.5. The van der Waals surface area contributed by atoms with Crippen molar-refractivity contribution in [2.45, 2.75) is 44.4 Å². The first kappa shape index (κ1) is 33.8. The number of ether oxygens (including phenoxy) is 2. The zero-order chi connectivity index (χ0) is 33.4. The van der Waals surface area contributed by atoms with Crippen LogP contribution < -0.4 is 17.8 Å².